The molecule has 0 saturated carbocycles. The number of carbonyl (C=O) groups excluding carboxylic acids is 1. The van der Waals surface area contributed by atoms with Gasteiger partial charge in [-0.1, -0.05) is 43.8 Å². The van der Waals surface area contributed by atoms with E-state index in [1.54, 1.807) is 18.4 Å². The topological polar surface area (TPSA) is 69.0 Å². The van der Waals surface area contributed by atoms with Crippen LogP contribution in [0, 0.1) is 0 Å². The average Bonchev–Trinajstić information content (AvgIpc) is 3.53. The Morgan fingerprint density at radius 2 is 1.88 bits per heavy atom. The van der Waals surface area contributed by atoms with Gasteiger partial charge in [0.15, 0.2) is 11.0 Å². The van der Waals surface area contributed by atoms with Crippen molar-refractivity contribution in [2.45, 2.75) is 31.3 Å². The molecule has 0 fully saturated rings. The predicted octanol–water partition coefficient (Wildman–Crippen LogP) is 6.25. The standard InChI is InChI=1S/C25H26N4O2S2/c1-4-17(2)18-7-9-19(10-8-18)26-23(30)16-33-25-28-27-24(22-6-5-15-32-22)29(25)20-11-13-21(31-3)14-12-20/h5-15,17H,4,16H2,1-3H3,(H,26,30). The Labute approximate surface area is 202 Å². The van der Waals surface area contributed by atoms with E-state index in [-0.39, 0.29) is 11.7 Å². The van der Waals surface area contributed by atoms with E-state index >= 15 is 0 Å². The zero-order chi connectivity index (χ0) is 23.2. The van der Waals surface area contributed by atoms with Crippen LogP contribution in [-0.2, 0) is 4.79 Å². The first-order valence-corrected chi connectivity index (χ1v) is 12.6. The second-order valence-corrected chi connectivity index (χ2v) is 9.48. The lowest BCUT2D eigenvalue weighted by atomic mass is 9.99. The van der Waals surface area contributed by atoms with Crippen LogP contribution in [0.25, 0.3) is 16.4 Å². The van der Waals surface area contributed by atoms with Gasteiger partial charge in [0.25, 0.3) is 0 Å². The van der Waals surface area contributed by atoms with E-state index in [0.29, 0.717) is 11.1 Å². The smallest absolute Gasteiger partial charge is 0.234 e. The number of anilines is 1. The van der Waals surface area contributed by atoms with Crippen LogP contribution in [0.5, 0.6) is 5.75 Å². The Hall–Kier alpha value is -3.10. The largest absolute Gasteiger partial charge is 0.497 e. The number of hydrogen-bond donors (Lipinski definition) is 1. The first-order chi connectivity index (χ1) is 16.1. The molecule has 0 saturated heterocycles. The van der Waals surface area contributed by atoms with Crippen molar-refractivity contribution >= 4 is 34.7 Å². The van der Waals surface area contributed by atoms with Gasteiger partial charge in [0.05, 0.1) is 23.4 Å². The van der Waals surface area contributed by atoms with E-state index < -0.39 is 0 Å². The molecule has 1 unspecified atom stereocenters. The summed E-state index contributed by atoms with van der Waals surface area (Å²) in [5.41, 5.74) is 2.98. The van der Waals surface area contributed by atoms with Crippen molar-refractivity contribution in [3.63, 3.8) is 0 Å². The lowest BCUT2D eigenvalue weighted by Crippen LogP contribution is -2.14. The number of amides is 1. The van der Waals surface area contributed by atoms with Crippen molar-refractivity contribution < 1.29 is 9.53 Å². The third kappa shape index (κ3) is 5.46. The van der Waals surface area contributed by atoms with Gasteiger partial charge >= 0.3 is 0 Å². The number of rotatable bonds is 9. The SMILES string of the molecule is CCC(C)c1ccc(NC(=O)CSc2nnc(-c3cccs3)n2-c2ccc(OC)cc2)cc1. The number of hydrogen-bond acceptors (Lipinski definition) is 6. The summed E-state index contributed by atoms with van der Waals surface area (Å²) in [6.07, 6.45) is 1.09. The quantitative estimate of drug-likeness (QED) is 0.288. The number of ether oxygens (including phenoxy) is 1. The van der Waals surface area contributed by atoms with Crippen LogP contribution in [0.3, 0.4) is 0 Å². The molecule has 6 nitrogen and oxygen atoms in total. The van der Waals surface area contributed by atoms with Gasteiger partial charge in [-0.15, -0.1) is 21.5 Å². The molecule has 2 heterocycles. The Bertz CT molecular complexity index is 1190. The van der Waals surface area contributed by atoms with E-state index in [1.807, 2.05) is 58.5 Å². The Morgan fingerprint density at radius 3 is 2.52 bits per heavy atom. The van der Waals surface area contributed by atoms with Crippen molar-refractivity contribution in [1.29, 1.82) is 0 Å². The molecule has 8 heteroatoms. The highest BCUT2D eigenvalue weighted by molar-refractivity contribution is 7.99. The molecule has 0 aliphatic heterocycles. The minimum Gasteiger partial charge on any atom is -0.497 e. The second kappa shape index (κ2) is 10.7. The van der Waals surface area contributed by atoms with Crippen molar-refractivity contribution in [2.24, 2.45) is 0 Å². The van der Waals surface area contributed by atoms with Gasteiger partial charge in [-0.3, -0.25) is 9.36 Å². The molecule has 1 N–H and O–H groups in total. The molecule has 4 rings (SSSR count). The van der Waals surface area contributed by atoms with E-state index in [2.05, 4.69) is 41.5 Å². The molecule has 0 radical (unpaired) electrons. The van der Waals surface area contributed by atoms with Gasteiger partial charge < -0.3 is 10.1 Å². The van der Waals surface area contributed by atoms with Crippen LogP contribution in [0.4, 0.5) is 5.69 Å². The Balaban J connectivity index is 1.50. The number of aromatic nitrogens is 3. The molecule has 0 spiro atoms. The zero-order valence-corrected chi connectivity index (χ0v) is 20.5. The molecule has 0 aliphatic carbocycles. The zero-order valence-electron chi connectivity index (χ0n) is 18.8. The summed E-state index contributed by atoms with van der Waals surface area (Å²) in [6.45, 7) is 4.37. The molecule has 2 aromatic heterocycles. The van der Waals surface area contributed by atoms with E-state index in [1.165, 1.54) is 17.3 Å². The molecular weight excluding hydrogens is 452 g/mol. The molecule has 170 valence electrons. The number of benzene rings is 2. The molecule has 2 aromatic carbocycles. The van der Waals surface area contributed by atoms with Crippen molar-refractivity contribution in [3.05, 3.63) is 71.6 Å². The number of methoxy groups -OCH3 is 1. The van der Waals surface area contributed by atoms with Gasteiger partial charge in [-0.05, 0) is 65.7 Å². The average molecular weight is 479 g/mol. The van der Waals surface area contributed by atoms with Crippen LogP contribution in [0.1, 0.15) is 31.7 Å². The maximum Gasteiger partial charge on any atom is 0.234 e. The van der Waals surface area contributed by atoms with Crippen molar-refractivity contribution in [2.75, 3.05) is 18.2 Å². The van der Waals surface area contributed by atoms with Crippen molar-refractivity contribution in [1.82, 2.24) is 14.8 Å². The van der Waals surface area contributed by atoms with Gasteiger partial charge in [-0.2, -0.15) is 0 Å². The summed E-state index contributed by atoms with van der Waals surface area (Å²) in [5.74, 6) is 2.17. The van der Waals surface area contributed by atoms with E-state index in [9.17, 15) is 4.79 Å². The number of thiophene rings is 1. The number of carbonyl (C=O) groups is 1. The normalized spacial score (nSPS) is 11.8. The Kier molecular flexibility index (Phi) is 7.47. The van der Waals surface area contributed by atoms with Crippen LogP contribution < -0.4 is 10.1 Å². The van der Waals surface area contributed by atoms with E-state index in [0.717, 1.165) is 34.2 Å². The summed E-state index contributed by atoms with van der Waals surface area (Å²) in [7, 11) is 1.64. The molecule has 4 aromatic rings. The monoisotopic (exact) mass is 478 g/mol. The lowest BCUT2D eigenvalue weighted by molar-refractivity contribution is -0.113. The maximum absolute atomic E-state index is 12.6. The van der Waals surface area contributed by atoms with Crippen LogP contribution in [0.15, 0.2) is 71.2 Å². The first-order valence-electron chi connectivity index (χ1n) is 10.8. The minimum atomic E-state index is -0.0850. The molecule has 0 aliphatic rings. The second-order valence-electron chi connectivity index (χ2n) is 7.59. The highest BCUT2D eigenvalue weighted by Crippen LogP contribution is 2.31. The summed E-state index contributed by atoms with van der Waals surface area (Å²) >= 11 is 2.96. The van der Waals surface area contributed by atoms with Gasteiger partial charge in [0.2, 0.25) is 5.91 Å². The van der Waals surface area contributed by atoms with Gasteiger partial charge in [-0.25, -0.2) is 0 Å². The fourth-order valence-electron chi connectivity index (χ4n) is 3.35. The van der Waals surface area contributed by atoms with Crippen LogP contribution in [-0.4, -0.2) is 33.5 Å². The van der Waals surface area contributed by atoms with Gasteiger partial charge in [0, 0.05) is 5.69 Å². The molecule has 33 heavy (non-hydrogen) atoms. The number of thioether (sulfide) groups is 1. The molecule has 1 atom stereocenters. The molecular formula is C25H26N4O2S2. The minimum absolute atomic E-state index is 0.0850. The van der Waals surface area contributed by atoms with E-state index in [4.69, 9.17) is 4.74 Å². The highest BCUT2D eigenvalue weighted by atomic mass is 32.2. The Morgan fingerprint density at radius 1 is 1.12 bits per heavy atom. The third-order valence-electron chi connectivity index (χ3n) is 5.41. The summed E-state index contributed by atoms with van der Waals surface area (Å²) in [4.78, 5) is 13.6. The molecule has 0 bridgehead atoms. The third-order valence-corrected chi connectivity index (χ3v) is 7.21. The summed E-state index contributed by atoms with van der Waals surface area (Å²) in [6, 6.07) is 19.8. The fourth-order valence-corrected chi connectivity index (χ4v) is 4.80. The van der Waals surface area contributed by atoms with Crippen LogP contribution >= 0.6 is 23.1 Å². The lowest BCUT2D eigenvalue weighted by Gasteiger charge is -2.11. The summed E-state index contributed by atoms with van der Waals surface area (Å²) < 4.78 is 7.26. The predicted molar refractivity (Wildman–Crippen MR) is 136 cm³/mol. The first kappa shape index (κ1) is 23.1. The van der Waals surface area contributed by atoms with Crippen molar-refractivity contribution in [3.8, 4) is 22.1 Å². The summed E-state index contributed by atoms with van der Waals surface area (Å²) in [5, 5.41) is 14.4. The maximum atomic E-state index is 12.6. The number of nitrogens with zero attached hydrogens (tertiary/aromatic N) is 3. The highest BCUT2D eigenvalue weighted by Gasteiger charge is 2.18. The number of nitrogens with one attached hydrogen (secondary N) is 1. The fraction of sp³-hybridized carbons (Fsp3) is 0.240. The van der Waals surface area contributed by atoms with Crippen LogP contribution in [0.2, 0.25) is 0 Å². The van der Waals surface area contributed by atoms with Gasteiger partial charge in [0.1, 0.15) is 5.75 Å². The molecule has 1 amide bonds.